The van der Waals surface area contributed by atoms with Crippen LogP contribution in [0.1, 0.15) is 5.56 Å². The van der Waals surface area contributed by atoms with Crippen LogP contribution < -0.4 is 14.7 Å². The van der Waals surface area contributed by atoms with Crippen LogP contribution in [0.4, 0.5) is 0 Å². The molecule has 26 heavy (non-hydrogen) atoms. The van der Waals surface area contributed by atoms with Crippen molar-refractivity contribution in [3.05, 3.63) is 65.9 Å². The molecule has 0 atom stereocenters. The Balaban J connectivity index is 1.87. The van der Waals surface area contributed by atoms with Crippen LogP contribution in [0, 0.1) is 0 Å². The molecule has 0 aromatic heterocycles. The summed E-state index contributed by atoms with van der Waals surface area (Å²) in [4.78, 5) is 12.1. The van der Waals surface area contributed by atoms with Crippen molar-refractivity contribution < 1.29 is 19.0 Å². The highest BCUT2D eigenvalue weighted by molar-refractivity contribution is 6.94. The van der Waals surface area contributed by atoms with Gasteiger partial charge in [-0.05, 0) is 23.8 Å². The number of benzene rings is 2. The number of rotatable bonds is 9. The molecule has 0 saturated carbocycles. The maximum atomic E-state index is 12.1. The molecule has 0 N–H and O–H groups in total. The van der Waals surface area contributed by atoms with Gasteiger partial charge in [0.05, 0.1) is 20.8 Å². The quantitative estimate of drug-likeness (QED) is 0.501. The van der Waals surface area contributed by atoms with Gasteiger partial charge in [0.2, 0.25) is 0 Å². The van der Waals surface area contributed by atoms with E-state index in [0.717, 1.165) is 5.56 Å². The zero-order chi connectivity index (χ0) is 19.0. The lowest BCUT2D eigenvalue weighted by Crippen LogP contribution is -2.39. The summed E-state index contributed by atoms with van der Waals surface area (Å²) in [6, 6.07) is 15.9. The smallest absolute Gasteiger partial charge is 0.180 e. The molecule has 138 valence electrons. The third kappa shape index (κ3) is 5.57. The third-order valence-corrected chi connectivity index (χ3v) is 6.99. The Morgan fingerprint density at radius 3 is 2.35 bits per heavy atom. The van der Waals surface area contributed by atoms with Crippen LogP contribution in [0.25, 0.3) is 0 Å². The first kappa shape index (κ1) is 19.9. The Hall–Kier alpha value is -2.37. The first-order chi connectivity index (χ1) is 12.5. The van der Waals surface area contributed by atoms with E-state index < -0.39 is 8.07 Å². The fourth-order valence-corrected chi connectivity index (χ4v) is 4.40. The maximum Gasteiger partial charge on any atom is 0.180 e. The van der Waals surface area contributed by atoms with Crippen molar-refractivity contribution in [1.29, 1.82) is 0 Å². The molecule has 0 fully saturated rings. The van der Waals surface area contributed by atoms with Gasteiger partial charge in [0.15, 0.2) is 17.3 Å². The molecule has 0 amide bonds. The van der Waals surface area contributed by atoms with E-state index in [9.17, 15) is 4.79 Å². The highest BCUT2D eigenvalue weighted by Gasteiger charge is 2.19. The highest BCUT2D eigenvalue weighted by Crippen LogP contribution is 2.27. The molecule has 0 spiro atoms. The fourth-order valence-electron chi connectivity index (χ4n) is 2.55. The van der Waals surface area contributed by atoms with Gasteiger partial charge in [-0.15, -0.1) is 0 Å². The number of ketones is 1. The molecule has 0 aliphatic carbocycles. The maximum absolute atomic E-state index is 12.1. The predicted molar refractivity (Wildman–Crippen MR) is 107 cm³/mol. The molecular formula is C21H26O4Si. The minimum Gasteiger partial charge on any atom is -0.493 e. The number of ether oxygens (including phenoxy) is 3. The molecule has 0 bridgehead atoms. The van der Waals surface area contributed by atoms with E-state index in [1.54, 1.807) is 20.3 Å². The van der Waals surface area contributed by atoms with E-state index in [-0.39, 0.29) is 12.4 Å². The Morgan fingerprint density at radius 2 is 1.69 bits per heavy atom. The number of carbonyl (C=O) groups is 1. The van der Waals surface area contributed by atoms with Crippen LogP contribution in [-0.4, -0.2) is 34.7 Å². The first-order valence-electron chi connectivity index (χ1n) is 8.52. The van der Waals surface area contributed by atoms with Gasteiger partial charge in [-0.1, -0.05) is 60.4 Å². The largest absolute Gasteiger partial charge is 0.493 e. The van der Waals surface area contributed by atoms with Crippen LogP contribution in [0.5, 0.6) is 11.5 Å². The Bertz CT molecular complexity index is 754. The predicted octanol–water partition coefficient (Wildman–Crippen LogP) is 3.50. The highest BCUT2D eigenvalue weighted by atomic mass is 28.3. The van der Waals surface area contributed by atoms with Gasteiger partial charge in [-0.2, -0.15) is 0 Å². The first-order valence-corrected chi connectivity index (χ1v) is 11.6. The summed E-state index contributed by atoms with van der Waals surface area (Å²) >= 11 is 0. The summed E-state index contributed by atoms with van der Waals surface area (Å²) in [6.07, 6.45) is 1.66. The van der Waals surface area contributed by atoms with Crippen molar-refractivity contribution >= 4 is 19.0 Å². The average Bonchev–Trinajstić information content (AvgIpc) is 2.67. The molecule has 0 unspecified atom stereocenters. The van der Waals surface area contributed by atoms with Crippen molar-refractivity contribution in [2.75, 3.05) is 20.8 Å². The molecule has 0 radical (unpaired) electrons. The van der Waals surface area contributed by atoms with Crippen molar-refractivity contribution in [3.63, 3.8) is 0 Å². The fraction of sp³-hybridized carbons (Fsp3) is 0.286. The molecule has 2 rings (SSSR count). The van der Waals surface area contributed by atoms with Crippen LogP contribution in [0.2, 0.25) is 13.1 Å². The average molecular weight is 371 g/mol. The second-order valence-electron chi connectivity index (χ2n) is 6.57. The molecule has 0 saturated heterocycles. The van der Waals surface area contributed by atoms with E-state index in [1.807, 2.05) is 36.4 Å². The standard InChI is InChI=1S/C21H26O4Si/c1-23-20-11-10-17(14-21(20)24-2)15-25-16-18(22)12-13-26(3,4)19-8-6-5-7-9-19/h5-14H,15-16H2,1-4H3/b13-12-. The van der Waals surface area contributed by atoms with Gasteiger partial charge in [-0.25, -0.2) is 0 Å². The molecule has 0 aliphatic heterocycles. The topological polar surface area (TPSA) is 44.8 Å². The minimum atomic E-state index is -1.76. The third-order valence-electron chi connectivity index (χ3n) is 4.16. The number of hydrogen-bond donors (Lipinski definition) is 0. The summed E-state index contributed by atoms with van der Waals surface area (Å²) < 4.78 is 16.0. The van der Waals surface area contributed by atoms with Crippen LogP contribution in [-0.2, 0) is 16.1 Å². The normalized spacial score (nSPS) is 11.5. The molecule has 5 heteroatoms. The summed E-state index contributed by atoms with van der Waals surface area (Å²) in [5.74, 6) is 1.29. The summed E-state index contributed by atoms with van der Waals surface area (Å²) in [7, 11) is 1.43. The zero-order valence-corrected chi connectivity index (χ0v) is 16.8. The Kier molecular flexibility index (Phi) is 7.18. The molecule has 2 aromatic carbocycles. The lowest BCUT2D eigenvalue weighted by Gasteiger charge is -2.17. The van der Waals surface area contributed by atoms with Crippen molar-refractivity contribution in [3.8, 4) is 11.5 Å². The van der Waals surface area contributed by atoms with Crippen LogP contribution in [0.15, 0.2) is 60.3 Å². The van der Waals surface area contributed by atoms with E-state index in [1.165, 1.54) is 5.19 Å². The zero-order valence-electron chi connectivity index (χ0n) is 15.8. The summed E-state index contributed by atoms with van der Waals surface area (Å²) in [6.45, 7) is 4.84. The summed E-state index contributed by atoms with van der Waals surface area (Å²) in [5.41, 5.74) is 2.99. The Labute approximate surface area is 156 Å². The van der Waals surface area contributed by atoms with E-state index in [4.69, 9.17) is 14.2 Å². The van der Waals surface area contributed by atoms with E-state index in [0.29, 0.717) is 18.1 Å². The lowest BCUT2D eigenvalue weighted by atomic mass is 10.2. The molecular weight excluding hydrogens is 344 g/mol. The van der Waals surface area contributed by atoms with Gasteiger partial charge in [0, 0.05) is 0 Å². The molecule has 0 aliphatic rings. The molecule has 0 heterocycles. The van der Waals surface area contributed by atoms with Gasteiger partial charge in [-0.3, -0.25) is 4.79 Å². The number of carbonyl (C=O) groups excluding carboxylic acids is 1. The van der Waals surface area contributed by atoms with Crippen molar-refractivity contribution in [2.24, 2.45) is 0 Å². The van der Waals surface area contributed by atoms with Crippen molar-refractivity contribution in [2.45, 2.75) is 19.7 Å². The van der Waals surface area contributed by atoms with E-state index >= 15 is 0 Å². The number of methoxy groups -OCH3 is 2. The van der Waals surface area contributed by atoms with Crippen LogP contribution in [0.3, 0.4) is 0 Å². The van der Waals surface area contributed by atoms with Crippen molar-refractivity contribution in [1.82, 2.24) is 0 Å². The van der Waals surface area contributed by atoms with Gasteiger partial charge < -0.3 is 14.2 Å². The molecule has 2 aromatic rings. The SMILES string of the molecule is COc1ccc(COCC(=O)/C=C\[Si](C)(C)c2ccccc2)cc1OC. The minimum absolute atomic E-state index is 0.0259. The second kappa shape index (κ2) is 9.36. The summed E-state index contributed by atoms with van der Waals surface area (Å²) in [5, 5.41) is 1.30. The van der Waals surface area contributed by atoms with Gasteiger partial charge in [0.1, 0.15) is 14.7 Å². The number of hydrogen-bond acceptors (Lipinski definition) is 4. The van der Waals surface area contributed by atoms with Gasteiger partial charge >= 0.3 is 0 Å². The van der Waals surface area contributed by atoms with Crippen LogP contribution >= 0.6 is 0 Å². The second-order valence-corrected chi connectivity index (χ2v) is 10.9. The molecule has 4 nitrogen and oxygen atoms in total. The van der Waals surface area contributed by atoms with Gasteiger partial charge in [0.25, 0.3) is 0 Å². The lowest BCUT2D eigenvalue weighted by molar-refractivity contribution is -0.119. The monoisotopic (exact) mass is 370 g/mol. The Morgan fingerprint density at radius 1 is 1.00 bits per heavy atom. The van der Waals surface area contributed by atoms with E-state index in [2.05, 4.69) is 30.9 Å².